The minimum atomic E-state index is -0.377. The molecule has 0 bridgehead atoms. The number of halogens is 2. The molecule has 0 radical (unpaired) electrons. The molecule has 3 nitrogen and oxygen atoms in total. The van der Waals surface area contributed by atoms with Crippen LogP contribution < -0.4 is 10.6 Å². The summed E-state index contributed by atoms with van der Waals surface area (Å²) in [7, 11) is 0. The molecule has 0 atom stereocenters. The predicted molar refractivity (Wildman–Crippen MR) is 67.0 cm³/mol. The SMILES string of the molecule is Cl.O=C(NC1CCNCC1)c1cccc(F)c1. The fourth-order valence-corrected chi connectivity index (χ4v) is 1.86. The minimum absolute atomic E-state index is 0. The van der Waals surface area contributed by atoms with E-state index in [1.807, 2.05) is 0 Å². The Hall–Kier alpha value is -1.13. The van der Waals surface area contributed by atoms with E-state index in [4.69, 9.17) is 0 Å². The van der Waals surface area contributed by atoms with Gasteiger partial charge in [-0.1, -0.05) is 6.07 Å². The fraction of sp³-hybridized carbons (Fsp3) is 0.417. The van der Waals surface area contributed by atoms with Crippen LogP contribution in [0.5, 0.6) is 0 Å². The fourth-order valence-electron chi connectivity index (χ4n) is 1.86. The summed E-state index contributed by atoms with van der Waals surface area (Å²) >= 11 is 0. The van der Waals surface area contributed by atoms with Crippen molar-refractivity contribution in [3.8, 4) is 0 Å². The molecule has 0 unspecified atom stereocenters. The number of benzene rings is 1. The molecule has 1 aliphatic heterocycles. The Morgan fingerprint density at radius 2 is 2.06 bits per heavy atom. The van der Waals surface area contributed by atoms with Gasteiger partial charge < -0.3 is 10.6 Å². The Morgan fingerprint density at radius 3 is 2.71 bits per heavy atom. The van der Waals surface area contributed by atoms with Crippen molar-refractivity contribution < 1.29 is 9.18 Å². The Morgan fingerprint density at radius 1 is 1.35 bits per heavy atom. The van der Waals surface area contributed by atoms with Crippen LogP contribution in [-0.2, 0) is 0 Å². The molecule has 94 valence electrons. The van der Waals surface area contributed by atoms with Crippen molar-refractivity contribution in [2.45, 2.75) is 18.9 Å². The lowest BCUT2D eigenvalue weighted by Gasteiger charge is -2.23. The van der Waals surface area contributed by atoms with Crippen LogP contribution in [0.15, 0.2) is 24.3 Å². The van der Waals surface area contributed by atoms with Crippen molar-refractivity contribution in [3.05, 3.63) is 35.6 Å². The van der Waals surface area contributed by atoms with Gasteiger partial charge in [-0.05, 0) is 44.1 Å². The molecule has 0 spiro atoms. The molecule has 0 saturated carbocycles. The molecule has 1 saturated heterocycles. The van der Waals surface area contributed by atoms with Crippen LogP contribution in [0.4, 0.5) is 4.39 Å². The Bertz CT molecular complexity index is 381. The molecule has 1 aromatic carbocycles. The molecule has 0 aromatic heterocycles. The first-order valence-electron chi connectivity index (χ1n) is 5.53. The molecule has 2 N–H and O–H groups in total. The Labute approximate surface area is 106 Å². The molecule has 1 heterocycles. The average molecular weight is 259 g/mol. The summed E-state index contributed by atoms with van der Waals surface area (Å²) in [6.07, 6.45) is 1.86. The van der Waals surface area contributed by atoms with Gasteiger partial charge in [0.2, 0.25) is 0 Å². The summed E-state index contributed by atoms with van der Waals surface area (Å²) in [5.74, 6) is -0.565. The smallest absolute Gasteiger partial charge is 0.251 e. The lowest BCUT2D eigenvalue weighted by atomic mass is 10.1. The minimum Gasteiger partial charge on any atom is -0.349 e. The van der Waals surface area contributed by atoms with Crippen LogP contribution in [-0.4, -0.2) is 25.0 Å². The Kier molecular flexibility index (Phi) is 5.38. The first-order valence-corrected chi connectivity index (χ1v) is 5.53. The third kappa shape index (κ3) is 3.98. The lowest BCUT2D eigenvalue weighted by Crippen LogP contribution is -2.42. The van der Waals surface area contributed by atoms with Crippen molar-refractivity contribution in [2.24, 2.45) is 0 Å². The maximum absolute atomic E-state index is 12.9. The van der Waals surface area contributed by atoms with Crippen LogP contribution in [0.1, 0.15) is 23.2 Å². The highest BCUT2D eigenvalue weighted by atomic mass is 35.5. The molecule has 2 rings (SSSR count). The molecule has 1 aliphatic rings. The average Bonchev–Trinajstić information content (AvgIpc) is 2.30. The number of hydrogen-bond donors (Lipinski definition) is 2. The van der Waals surface area contributed by atoms with E-state index in [1.54, 1.807) is 12.1 Å². The second kappa shape index (κ2) is 6.57. The van der Waals surface area contributed by atoms with E-state index in [-0.39, 0.29) is 30.2 Å². The van der Waals surface area contributed by atoms with Gasteiger partial charge in [0, 0.05) is 11.6 Å². The van der Waals surface area contributed by atoms with Gasteiger partial charge in [0.25, 0.3) is 5.91 Å². The quantitative estimate of drug-likeness (QED) is 0.848. The van der Waals surface area contributed by atoms with E-state index in [1.165, 1.54) is 12.1 Å². The summed E-state index contributed by atoms with van der Waals surface area (Å²) in [4.78, 5) is 11.8. The number of piperidine rings is 1. The summed E-state index contributed by atoms with van der Waals surface area (Å²) in [5.41, 5.74) is 0.388. The predicted octanol–water partition coefficient (Wildman–Crippen LogP) is 1.73. The maximum Gasteiger partial charge on any atom is 0.251 e. The van der Waals surface area contributed by atoms with Crippen molar-refractivity contribution >= 4 is 18.3 Å². The van der Waals surface area contributed by atoms with Crippen molar-refractivity contribution in [1.82, 2.24) is 10.6 Å². The highest BCUT2D eigenvalue weighted by Crippen LogP contribution is 2.06. The standard InChI is InChI=1S/C12H15FN2O.ClH/c13-10-3-1-2-9(8-10)12(16)15-11-4-6-14-7-5-11;/h1-3,8,11,14H,4-7H2,(H,15,16);1H. The van der Waals surface area contributed by atoms with Crippen LogP contribution in [0.25, 0.3) is 0 Å². The molecule has 0 aliphatic carbocycles. The normalized spacial score (nSPS) is 16.1. The zero-order valence-corrected chi connectivity index (χ0v) is 10.2. The highest BCUT2D eigenvalue weighted by Gasteiger charge is 2.16. The first-order chi connectivity index (χ1) is 7.75. The maximum atomic E-state index is 12.9. The van der Waals surface area contributed by atoms with Crippen LogP contribution >= 0.6 is 12.4 Å². The zero-order chi connectivity index (χ0) is 11.4. The van der Waals surface area contributed by atoms with Gasteiger partial charge in [-0.3, -0.25) is 4.79 Å². The molecular weight excluding hydrogens is 243 g/mol. The van der Waals surface area contributed by atoms with Gasteiger partial charge in [0.1, 0.15) is 5.82 Å². The second-order valence-corrected chi connectivity index (χ2v) is 4.01. The number of carbonyl (C=O) groups is 1. The Balaban J connectivity index is 0.00000144. The third-order valence-corrected chi connectivity index (χ3v) is 2.76. The molecule has 1 fully saturated rings. The van der Waals surface area contributed by atoms with E-state index in [0.717, 1.165) is 25.9 Å². The van der Waals surface area contributed by atoms with Gasteiger partial charge in [0.15, 0.2) is 0 Å². The summed E-state index contributed by atoms with van der Waals surface area (Å²) in [5, 5.41) is 6.14. The number of rotatable bonds is 2. The largest absolute Gasteiger partial charge is 0.349 e. The van der Waals surface area contributed by atoms with Crippen LogP contribution in [0.2, 0.25) is 0 Å². The van der Waals surface area contributed by atoms with E-state index in [2.05, 4.69) is 10.6 Å². The zero-order valence-electron chi connectivity index (χ0n) is 9.41. The number of hydrogen-bond acceptors (Lipinski definition) is 2. The van der Waals surface area contributed by atoms with E-state index in [0.29, 0.717) is 5.56 Å². The van der Waals surface area contributed by atoms with Gasteiger partial charge in [0.05, 0.1) is 0 Å². The highest BCUT2D eigenvalue weighted by molar-refractivity contribution is 5.94. The van der Waals surface area contributed by atoms with Gasteiger partial charge in [-0.25, -0.2) is 4.39 Å². The number of carbonyl (C=O) groups excluding carboxylic acids is 1. The van der Waals surface area contributed by atoms with Gasteiger partial charge in [-0.2, -0.15) is 0 Å². The lowest BCUT2D eigenvalue weighted by molar-refractivity contribution is 0.0929. The molecule has 1 aromatic rings. The first kappa shape index (κ1) is 13.9. The van der Waals surface area contributed by atoms with Crippen LogP contribution in [0.3, 0.4) is 0 Å². The van der Waals surface area contributed by atoms with E-state index in [9.17, 15) is 9.18 Å². The van der Waals surface area contributed by atoms with Crippen molar-refractivity contribution in [3.63, 3.8) is 0 Å². The topological polar surface area (TPSA) is 41.1 Å². The number of amides is 1. The monoisotopic (exact) mass is 258 g/mol. The number of nitrogens with one attached hydrogen (secondary N) is 2. The molecule has 17 heavy (non-hydrogen) atoms. The summed E-state index contributed by atoms with van der Waals surface area (Å²) in [6, 6.07) is 5.97. The second-order valence-electron chi connectivity index (χ2n) is 4.01. The molecular formula is C12H16ClFN2O. The van der Waals surface area contributed by atoms with Gasteiger partial charge in [-0.15, -0.1) is 12.4 Å². The molecule has 1 amide bonds. The van der Waals surface area contributed by atoms with Gasteiger partial charge >= 0.3 is 0 Å². The van der Waals surface area contributed by atoms with Crippen LogP contribution in [0, 0.1) is 5.82 Å². The summed E-state index contributed by atoms with van der Waals surface area (Å²) in [6.45, 7) is 1.85. The van der Waals surface area contributed by atoms with Crippen molar-refractivity contribution in [2.75, 3.05) is 13.1 Å². The van der Waals surface area contributed by atoms with E-state index >= 15 is 0 Å². The van der Waals surface area contributed by atoms with Crippen molar-refractivity contribution in [1.29, 1.82) is 0 Å². The molecule has 5 heteroatoms. The summed E-state index contributed by atoms with van der Waals surface area (Å²) < 4.78 is 12.9. The van der Waals surface area contributed by atoms with E-state index < -0.39 is 0 Å². The third-order valence-electron chi connectivity index (χ3n) is 2.76.